The summed E-state index contributed by atoms with van der Waals surface area (Å²) in [4.78, 5) is 24.7. The van der Waals surface area contributed by atoms with Gasteiger partial charge in [0.25, 0.3) is 0 Å². The second-order valence-electron chi connectivity index (χ2n) is 5.32. The molecule has 8 heteroatoms. The van der Waals surface area contributed by atoms with E-state index >= 15 is 0 Å². The summed E-state index contributed by atoms with van der Waals surface area (Å²) in [6.45, 7) is 6.01. The molecule has 116 valence electrons. The summed E-state index contributed by atoms with van der Waals surface area (Å²) < 4.78 is 1.56. The Morgan fingerprint density at radius 3 is 2.81 bits per heavy atom. The van der Waals surface area contributed by atoms with Crippen molar-refractivity contribution in [1.82, 2.24) is 25.2 Å². The van der Waals surface area contributed by atoms with Crippen LogP contribution in [0, 0.1) is 0 Å². The number of likely N-dealkylation sites (tertiary alicyclic amines) is 1. The quantitative estimate of drug-likeness (QED) is 0.694. The molecule has 0 spiro atoms. The zero-order valence-corrected chi connectivity index (χ0v) is 12.3. The topological polar surface area (TPSA) is 100 Å². The van der Waals surface area contributed by atoms with Crippen LogP contribution in [0.3, 0.4) is 0 Å². The number of nitrogens with zero attached hydrogens (tertiary/aromatic N) is 4. The number of carbonyl (C=O) groups is 2. The molecule has 1 aromatic rings. The lowest BCUT2D eigenvalue weighted by Crippen LogP contribution is -2.56. The van der Waals surface area contributed by atoms with Gasteiger partial charge in [0.15, 0.2) is 5.69 Å². The van der Waals surface area contributed by atoms with Crippen LogP contribution in [0.5, 0.6) is 0 Å². The molecule has 0 bridgehead atoms. The number of amides is 1. The summed E-state index contributed by atoms with van der Waals surface area (Å²) in [7, 11) is 0. The molecule has 1 atom stereocenters. The molecule has 8 nitrogen and oxygen atoms in total. The Labute approximate surface area is 123 Å². The van der Waals surface area contributed by atoms with E-state index in [1.807, 2.05) is 11.8 Å². The van der Waals surface area contributed by atoms with E-state index in [1.54, 1.807) is 4.68 Å². The van der Waals surface area contributed by atoms with E-state index in [9.17, 15) is 9.59 Å². The molecule has 1 fully saturated rings. The number of carbonyl (C=O) groups excluding carboxylic acids is 1. The van der Waals surface area contributed by atoms with Gasteiger partial charge >= 0.3 is 5.97 Å². The molecule has 1 unspecified atom stereocenters. The van der Waals surface area contributed by atoms with E-state index in [0.29, 0.717) is 19.6 Å². The third-order valence-electron chi connectivity index (χ3n) is 3.75. The lowest BCUT2D eigenvalue weighted by atomic mass is 10.1. The molecule has 2 rings (SSSR count). The monoisotopic (exact) mass is 295 g/mol. The molecule has 0 radical (unpaired) electrons. The summed E-state index contributed by atoms with van der Waals surface area (Å²) in [6, 6.07) is -0.0999. The molecule has 1 aliphatic heterocycles. The van der Waals surface area contributed by atoms with Crippen molar-refractivity contribution in [2.45, 2.75) is 38.8 Å². The highest BCUT2D eigenvalue weighted by molar-refractivity contribution is 5.84. The number of hydrogen-bond donors (Lipinski definition) is 2. The molecular weight excluding hydrogens is 274 g/mol. The minimum atomic E-state index is -1.08. The van der Waals surface area contributed by atoms with Gasteiger partial charge in [-0.2, -0.15) is 0 Å². The number of unbranched alkanes of at least 4 members (excludes halogenated alkanes) is 1. The normalized spacial score (nSPS) is 17.2. The van der Waals surface area contributed by atoms with Crippen molar-refractivity contribution >= 4 is 11.9 Å². The molecule has 0 saturated carbocycles. The highest BCUT2D eigenvalue weighted by Crippen LogP contribution is 2.22. The van der Waals surface area contributed by atoms with Gasteiger partial charge in [-0.05, 0) is 13.3 Å². The fraction of sp³-hybridized carbons (Fsp3) is 0.692. The maximum atomic E-state index is 11.9. The number of hydrogen-bond acceptors (Lipinski definition) is 5. The Bertz CT molecular complexity index is 510. The van der Waals surface area contributed by atoms with Gasteiger partial charge in [-0.15, -0.1) is 5.10 Å². The molecule has 1 saturated heterocycles. The zero-order chi connectivity index (χ0) is 15.4. The SMILES string of the molecule is CCCCNC(=O)C(C)N1CC(n2cc(C(=O)O)nn2)C1. The average Bonchev–Trinajstić information content (AvgIpc) is 2.86. The Balaban J connectivity index is 1.79. The highest BCUT2D eigenvalue weighted by Gasteiger charge is 2.35. The van der Waals surface area contributed by atoms with E-state index in [4.69, 9.17) is 5.11 Å². The first kappa shape index (κ1) is 15.4. The van der Waals surface area contributed by atoms with Crippen LogP contribution in [0.2, 0.25) is 0 Å². The number of carboxylic acids is 1. The van der Waals surface area contributed by atoms with Gasteiger partial charge in [0.05, 0.1) is 18.3 Å². The predicted octanol–water partition coefficient (Wildman–Crippen LogP) is 0.138. The highest BCUT2D eigenvalue weighted by atomic mass is 16.4. The summed E-state index contributed by atoms with van der Waals surface area (Å²) in [5.41, 5.74) is -0.0567. The first-order valence-electron chi connectivity index (χ1n) is 7.19. The van der Waals surface area contributed by atoms with Crippen molar-refractivity contribution in [1.29, 1.82) is 0 Å². The second kappa shape index (κ2) is 6.66. The smallest absolute Gasteiger partial charge is 0.358 e. The van der Waals surface area contributed by atoms with Gasteiger partial charge < -0.3 is 10.4 Å². The maximum absolute atomic E-state index is 11.9. The van der Waals surface area contributed by atoms with Crippen LogP contribution in [0.4, 0.5) is 0 Å². The van der Waals surface area contributed by atoms with Crippen LogP contribution in [0.15, 0.2) is 6.20 Å². The van der Waals surface area contributed by atoms with Gasteiger partial charge in [-0.25, -0.2) is 9.48 Å². The molecular formula is C13H21N5O3. The third-order valence-corrected chi connectivity index (χ3v) is 3.75. The van der Waals surface area contributed by atoms with Gasteiger partial charge in [0.2, 0.25) is 5.91 Å². The van der Waals surface area contributed by atoms with E-state index < -0.39 is 5.97 Å². The molecule has 1 aromatic heterocycles. The van der Waals surface area contributed by atoms with Crippen LogP contribution >= 0.6 is 0 Å². The Morgan fingerprint density at radius 1 is 1.52 bits per heavy atom. The summed E-state index contributed by atoms with van der Waals surface area (Å²) in [5, 5.41) is 19.1. The predicted molar refractivity (Wildman–Crippen MR) is 75.0 cm³/mol. The lowest BCUT2D eigenvalue weighted by molar-refractivity contribution is -0.128. The maximum Gasteiger partial charge on any atom is 0.358 e. The Kier molecular flexibility index (Phi) is 4.89. The van der Waals surface area contributed by atoms with Gasteiger partial charge in [-0.1, -0.05) is 18.6 Å². The molecule has 21 heavy (non-hydrogen) atoms. The molecule has 1 aliphatic rings. The number of carboxylic acid groups (broad SMARTS) is 1. The fourth-order valence-electron chi connectivity index (χ4n) is 2.23. The number of aromatic carboxylic acids is 1. The van der Waals surface area contributed by atoms with Crippen LogP contribution in [-0.2, 0) is 4.79 Å². The van der Waals surface area contributed by atoms with E-state index in [1.165, 1.54) is 6.20 Å². The van der Waals surface area contributed by atoms with E-state index in [0.717, 1.165) is 12.8 Å². The van der Waals surface area contributed by atoms with Crippen LogP contribution in [0.25, 0.3) is 0 Å². The summed E-state index contributed by atoms with van der Waals surface area (Å²) >= 11 is 0. The second-order valence-corrected chi connectivity index (χ2v) is 5.32. The van der Waals surface area contributed by atoms with Gasteiger partial charge in [0, 0.05) is 19.6 Å². The Hall–Kier alpha value is -1.96. The summed E-state index contributed by atoms with van der Waals surface area (Å²) in [5.74, 6) is -1.05. The minimum Gasteiger partial charge on any atom is -0.476 e. The molecule has 0 aliphatic carbocycles. The number of nitrogens with one attached hydrogen (secondary N) is 1. The first-order chi connectivity index (χ1) is 10.0. The molecule has 2 N–H and O–H groups in total. The third kappa shape index (κ3) is 3.57. The fourth-order valence-corrected chi connectivity index (χ4v) is 2.23. The Morgan fingerprint density at radius 2 is 2.24 bits per heavy atom. The number of aromatic nitrogens is 3. The van der Waals surface area contributed by atoms with Crippen molar-refractivity contribution in [3.05, 3.63) is 11.9 Å². The molecule has 0 aromatic carbocycles. The summed E-state index contributed by atoms with van der Waals surface area (Å²) in [6.07, 6.45) is 3.47. The van der Waals surface area contributed by atoms with Gasteiger partial charge in [0.1, 0.15) is 0 Å². The van der Waals surface area contributed by atoms with Crippen LogP contribution in [-0.4, -0.2) is 62.6 Å². The van der Waals surface area contributed by atoms with E-state index in [-0.39, 0.29) is 23.7 Å². The molecule has 2 heterocycles. The largest absolute Gasteiger partial charge is 0.476 e. The van der Waals surface area contributed by atoms with Crippen molar-refractivity contribution < 1.29 is 14.7 Å². The zero-order valence-electron chi connectivity index (χ0n) is 12.3. The lowest BCUT2D eigenvalue weighted by Gasteiger charge is -2.42. The first-order valence-corrected chi connectivity index (χ1v) is 7.19. The van der Waals surface area contributed by atoms with Crippen LogP contribution < -0.4 is 5.32 Å². The van der Waals surface area contributed by atoms with Crippen LogP contribution in [0.1, 0.15) is 43.2 Å². The molecule has 1 amide bonds. The minimum absolute atomic E-state index is 0.0340. The van der Waals surface area contributed by atoms with E-state index in [2.05, 4.69) is 22.6 Å². The van der Waals surface area contributed by atoms with Crippen molar-refractivity contribution in [3.63, 3.8) is 0 Å². The van der Waals surface area contributed by atoms with Gasteiger partial charge in [-0.3, -0.25) is 9.69 Å². The van der Waals surface area contributed by atoms with Crippen molar-refractivity contribution in [2.24, 2.45) is 0 Å². The average molecular weight is 295 g/mol. The van der Waals surface area contributed by atoms with Crippen molar-refractivity contribution in [2.75, 3.05) is 19.6 Å². The standard InChI is InChI=1S/C13H21N5O3/c1-3-4-5-14-12(19)9(2)17-6-10(7-17)18-8-11(13(20)21)15-16-18/h8-10H,3-7H2,1-2H3,(H,14,19)(H,20,21). The number of rotatable bonds is 7. The van der Waals surface area contributed by atoms with Crippen molar-refractivity contribution in [3.8, 4) is 0 Å².